The number of nitrogens with zero attached hydrogens (tertiary/aromatic N) is 4. The van der Waals surface area contributed by atoms with E-state index in [1.54, 1.807) is 4.52 Å². The molecule has 4 rings (SSSR count). The lowest BCUT2D eigenvalue weighted by Gasteiger charge is -2.09. The fourth-order valence-corrected chi connectivity index (χ4v) is 2.71. The average Bonchev–Trinajstić information content (AvgIpc) is 3.01. The van der Waals surface area contributed by atoms with Crippen molar-refractivity contribution in [2.45, 2.75) is 13.1 Å². The third kappa shape index (κ3) is 2.92. The first kappa shape index (κ1) is 16.3. The van der Waals surface area contributed by atoms with Crippen LogP contribution >= 0.6 is 0 Å². The summed E-state index contributed by atoms with van der Waals surface area (Å²) in [5.74, 6) is 0.934. The molecule has 4 aromatic rings. The second kappa shape index (κ2) is 5.94. The van der Waals surface area contributed by atoms with Gasteiger partial charge in [-0.15, -0.1) is 0 Å². The summed E-state index contributed by atoms with van der Waals surface area (Å²) in [5.41, 5.74) is 1.99. The van der Waals surface area contributed by atoms with Gasteiger partial charge in [-0.2, -0.15) is 22.8 Å². The summed E-state index contributed by atoms with van der Waals surface area (Å²) >= 11 is 0. The molecule has 2 heterocycles. The Bertz CT molecular complexity index is 1070. The fourth-order valence-electron chi connectivity index (χ4n) is 2.71. The largest absolute Gasteiger partial charge is 0.416 e. The van der Waals surface area contributed by atoms with E-state index in [1.807, 2.05) is 43.3 Å². The number of halogens is 3. The predicted octanol–water partition coefficient (Wildman–Crippen LogP) is 4.79. The highest BCUT2D eigenvalue weighted by molar-refractivity contribution is 5.65. The van der Waals surface area contributed by atoms with Gasteiger partial charge in [-0.05, 0) is 19.1 Å². The average molecular weight is 354 g/mol. The lowest BCUT2D eigenvalue weighted by atomic mass is 10.1. The van der Waals surface area contributed by atoms with E-state index in [9.17, 15) is 13.2 Å². The molecule has 0 N–H and O–H groups in total. The van der Waals surface area contributed by atoms with E-state index in [4.69, 9.17) is 0 Å². The summed E-state index contributed by atoms with van der Waals surface area (Å²) in [5, 5.41) is 4.36. The third-order valence-electron chi connectivity index (χ3n) is 3.95. The minimum Gasteiger partial charge on any atom is -0.209 e. The highest BCUT2D eigenvalue weighted by atomic mass is 19.4. The molecule has 0 saturated carbocycles. The van der Waals surface area contributed by atoms with Gasteiger partial charge in [0.05, 0.1) is 11.3 Å². The van der Waals surface area contributed by atoms with Gasteiger partial charge in [-0.1, -0.05) is 42.5 Å². The van der Waals surface area contributed by atoms with Crippen molar-refractivity contribution in [2.24, 2.45) is 0 Å². The number of hydrogen-bond acceptors (Lipinski definition) is 3. The van der Waals surface area contributed by atoms with Crippen molar-refractivity contribution in [1.82, 2.24) is 19.6 Å². The fraction of sp³-hybridized carbons (Fsp3) is 0.105. The maximum atomic E-state index is 12.8. The molecule has 0 unspecified atom stereocenters. The summed E-state index contributed by atoms with van der Waals surface area (Å²) < 4.78 is 40.0. The lowest BCUT2D eigenvalue weighted by molar-refractivity contribution is -0.137. The van der Waals surface area contributed by atoms with Gasteiger partial charge in [0, 0.05) is 17.2 Å². The predicted molar refractivity (Wildman–Crippen MR) is 91.4 cm³/mol. The van der Waals surface area contributed by atoms with Crippen LogP contribution in [0.15, 0.2) is 60.7 Å². The lowest BCUT2D eigenvalue weighted by Crippen LogP contribution is -2.05. The molecule has 7 heteroatoms. The topological polar surface area (TPSA) is 43.1 Å². The summed E-state index contributed by atoms with van der Waals surface area (Å²) in [7, 11) is 0. The monoisotopic (exact) mass is 354 g/mol. The van der Waals surface area contributed by atoms with Gasteiger partial charge in [0.1, 0.15) is 0 Å². The molecule has 0 aliphatic heterocycles. The van der Waals surface area contributed by atoms with Gasteiger partial charge in [0.2, 0.25) is 0 Å². The molecule has 2 aromatic heterocycles. The van der Waals surface area contributed by atoms with E-state index in [1.165, 1.54) is 12.1 Å². The van der Waals surface area contributed by atoms with Crippen LogP contribution in [0, 0.1) is 6.92 Å². The molecule has 0 aliphatic rings. The molecule has 0 spiro atoms. The SMILES string of the molecule is Cc1cc2nc(-c3ccccc3)nc(-c3ccc(C(F)(F)F)cc3)n2n1. The standard InChI is InChI=1S/C19H13F3N4/c1-12-11-16-23-17(13-5-3-2-4-6-13)24-18(26(16)25-12)14-7-9-15(10-8-14)19(20,21)22/h2-11H,1H3. The third-order valence-corrected chi connectivity index (χ3v) is 3.95. The van der Waals surface area contributed by atoms with Crippen LogP contribution < -0.4 is 0 Å². The Morgan fingerprint density at radius 3 is 2.19 bits per heavy atom. The van der Waals surface area contributed by atoms with Gasteiger partial charge in [0.15, 0.2) is 17.3 Å². The van der Waals surface area contributed by atoms with E-state index in [2.05, 4.69) is 15.1 Å². The molecule has 130 valence electrons. The van der Waals surface area contributed by atoms with Gasteiger partial charge < -0.3 is 0 Å². The maximum Gasteiger partial charge on any atom is 0.416 e. The molecule has 26 heavy (non-hydrogen) atoms. The molecule has 0 aliphatic carbocycles. The van der Waals surface area contributed by atoms with Crippen molar-refractivity contribution in [1.29, 1.82) is 0 Å². The molecule has 0 bridgehead atoms. The second-order valence-electron chi connectivity index (χ2n) is 5.87. The number of alkyl halides is 3. The van der Waals surface area contributed by atoms with Crippen molar-refractivity contribution >= 4 is 5.65 Å². The Hall–Kier alpha value is -3.22. The number of aromatic nitrogens is 4. The Balaban J connectivity index is 1.91. The van der Waals surface area contributed by atoms with E-state index >= 15 is 0 Å². The molecule has 0 atom stereocenters. The Labute approximate surface area is 147 Å². The van der Waals surface area contributed by atoms with Gasteiger partial charge in [-0.25, -0.2) is 9.97 Å². The number of rotatable bonds is 2. The van der Waals surface area contributed by atoms with E-state index in [0.29, 0.717) is 22.9 Å². The van der Waals surface area contributed by atoms with Crippen LogP contribution in [0.2, 0.25) is 0 Å². The highest BCUT2D eigenvalue weighted by Crippen LogP contribution is 2.31. The minimum absolute atomic E-state index is 0.440. The summed E-state index contributed by atoms with van der Waals surface area (Å²) in [6, 6.07) is 16.1. The molecule has 4 nitrogen and oxygen atoms in total. The van der Waals surface area contributed by atoms with Crippen LogP contribution in [-0.2, 0) is 6.18 Å². The normalized spacial score (nSPS) is 11.8. The van der Waals surface area contributed by atoms with Crippen molar-refractivity contribution in [3.05, 3.63) is 71.9 Å². The highest BCUT2D eigenvalue weighted by Gasteiger charge is 2.30. The first-order valence-corrected chi connectivity index (χ1v) is 7.89. The summed E-state index contributed by atoms with van der Waals surface area (Å²) in [6.45, 7) is 1.83. The van der Waals surface area contributed by atoms with Gasteiger partial charge in [0.25, 0.3) is 0 Å². The first-order valence-electron chi connectivity index (χ1n) is 7.89. The smallest absolute Gasteiger partial charge is 0.209 e. The van der Waals surface area contributed by atoms with Crippen LogP contribution in [0.4, 0.5) is 13.2 Å². The van der Waals surface area contributed by atoms with Crippen LogP contribution in [0.5, 0.6) is 0 Å². The number of benzene rings is 2. The van der Waals surface area contributed by atoms with Crippen molar-refractivity contribution in [3.63, 3.8) is 0 Å². The Kier molecular flexibility index (Phi) is 3.72. The van der Waals surface area contributed by atoms with Crippen molar-refractivity contribution < 1.29 is 13.2 Å². The van der Waals surface area contributed by atoms with Crippen LogP contribution in [0.25, 0.3) is 28.4 Å². The Morgan fingerprint density at radius 1 is 0.846 bits per heavy atom. The van der Waals surface area contributed by atoms with Crippen LogP contribution in [-0.4, -0.2) is 19.6 Å². The quantitative estimate of drug-likeness (QED) is 0.520. The molecular formula is C19H13F3N4. The van der Waals surface area contributed by atoms with Crippen LogP contribution in [0.1, 0.15) is 11.3 Å². The molecule has 2 aromatic carbocycles. The van der Waals surface area contributed by atoms with E-state index in [0.717, 1.165) is 23.4 Å². The van der Waals surface area contributed by atoms with Gasteiger partial charge >= 0.3 is 6.18 Å². The molecule has 0 amide bonds. The summed E-state index contributed by atoms with van der Waals surface area (Å²) in [4.78, 5) is 9.07. The van der Waals surface area contributed by atoms with Crippen LogP contribution in [0.3, 0.4) is 0 Å². The number of hydrogen-bond donors (Lipinski definition) is 0. The zero-order valence-electron chi connectivity index (χ0n) is 13.7. The van der Waals surface area contributed by atoms with E-state index < -0.39 is 11.7 Å². The summed E-state index contributed by atoms with van der Waals surface area (Å²) in [6.07, 6.45) is -4.38. The van der Waals surface area contributed by atoms with E-state index in [-0.39, 0.29) is 0 Å². The van der Waals surface area contributed by atoms with Crippen molar-refractivity contribution in [2.75, 3.05) is 0 Å². The molecule has 0 radical (unpaired) electrons. The molecule has 0 fully saturated rings. The minimum atomic E-state index is -4.38. The van der Waals surface area contributed by atoms with Crippen molar-refractivity contribution in [3.8, 4) is 22.8 Å². The molecule has 0 saturated heterocycles. The zero-order chi connectivity index (χ0) is 18.3. The Morgan fingerprint density at radius 2 is 1.54 bits per heavy atom. The zero-order valence-corrected chi connectivity index (χ0v) is 13.7. The van der Waals surface area contributed by atoms with Gasteiger partial charge in [-0.3, -0.25) is 0 Å². The molecular weight excluding hydrogens is 341 g/mol. The number of fused-ring (bicyclic) bond motifs is 1. The first-order chi connectivity index (χ1) is 12.4. The maximum absolute atomic E-state index is 12.8. The second-order valence-corrected chi connectivity index (χ2v) is 5.87. The number of aryl methyl sites for hydroxylation is 1.